The van der Waals surface area contributed by atoms with E-state index in [0.29, 0.717) is 29.4 Å². The number of hydrogen-bond donors (Lipinski definition) is 1. The average molecular weight is 560 g/mol. The van der Waals surface area contributed by atoms with Crippen LogP contribution >= 0.6 is 31.9 Å². The van der Waals surface area contributed by atoms with Gasteiger partial charge < -0.3 is 14.8 Å². The summed E-state index contributed by atoms with van der Waals surface area (Å²) in [7, 11) is 1.51. The van der Waals surface area contributed by atoms with E-state index in [4.69, 9.17) is 9.47 Å². The number of amides is 1. The van der Waals surface area contributed by atoms with Crippen molar-refractivity contribution < 1.29 is 18.7 Å². The standard InChI is InChI=1S/C24H17Br2FN2O3/c1-31-23-11-15(2-9-22(23)32-14-16-3-4-18(25)12-21(16)26)10-17(13-28)24(30)29-20-7-5-19(27)6-8-20/h2-12H,14H2,1H3,(H,29,30)/b17-10-. The van der Waals surface area contributed by atoms with Gasteiger partial charge in [0.25, 0.3) is 5.91 Å². The number of nitrogens with one attached hydrogen (secondary N) is 1. The van der Waals surface area contributed by atoms with Gasteiger partial charge in [0.15, 0.2) is 11.5 Å². The highest BCUT2D eigenvalue weighted by molar-refractivity contribution is 9.11. The van der Waals surface area contributed by atoms with Crippen molar-refractivity contribution >= 4 is 49.5 Å². The Morgan fingerprint density at radius 2 is 1.84 bits per heavy atom. The van der Waals surface area contributed by atoms with Crippen molar-refractivity contribution in [3.63, 3.8) is 0 Å². The van der Waals surface area contributed by atoms with E-state index in [2.05, 4.69) is 37.2 Å². The maximum Gasteiger partial charge on any atom is 0.266 e. The number of anilines is 1. The third-order valence-corrected chi connectivity index (χ3v) is 5.60. The monoisotopic (exact) mass is 558 g/mol. The molecule has 162 valence electrons. The summed E-state index contributed by atoms with van der Waals surface area (Å²) in [5.41, 5.74) is 1.83. The first kappa shape index (κ1) is 23.5. The highest BCUT2D eigenvalue weighted by Crippen LogP contribution is 2.31. The second kappa shape index (κ2) is 10.9. The van der Waals surface area contributed by atoms with Crippen LogP contribution in [0.4, 0.5) is 10.1 Å². The normalized spacial score (nSPS) is 10.9. The van der Waals surface area contributed by atoms with Gasteiger partial charge in [-0.3, -0.25) is 4.79 Å². The molecule has 0 aliphatic rings. The molecule has 0 aromatic heterocycles. The van der Waals surface area contributed by atoms with Crippen molar-refractivity contribution in [1.82, 2.24) is 0 Å². The zero-order valence-electron chi connectivity index (χ0n) is 16.9. The first-order valence-electron chi connectivity index (χ1n) is 9.33. The van der Waals surface area contributed by atoms with Gasteiger partial charge in [0.1, 0.15) is 24.1 Å². The third-order valence-electron chi connectivity index (χ3n) is 4.36. The molecule has 0 spiro atoms. The fourth-order valence-corrected chi connectivity index (χ4v) is 3.90. The second-order valence-corrected chi connectivity index (χ2v) is 8.34. The van der Waals surface area contributed by atoms with Crippen molar-refractivity contribution in [3.8, 4) is 17.6 Å². The molecule has 0 bridgehead atoms. The van der Waals surface area contributed by atoms with Gasteiger partial charge in [-0.05, 0) is 60.2 Å². The molecular weight excluding hydrogens is 543 g/mol. The number of carbonyl (C=O) groups is 1. The van der Waals surface area contributed by atoms with E-state index in [-0.39, 0.29) is 5.57 Å². The van der Waals surface area contributed by atoms with Crippen LogP contribution in [0, 0.1) is 17.1 Å². The summed E-state index contributed by atoms with van der Waals surface area (Å²) >= 11 is 6.92. The first-order valence-corrected chi connectivity index (χ1v) is 10.9. The lowest BCUT2D eigenvalue weighted by Gasteiger charge is -2.12. The molecule has 3 aromatic rings. The number of benzene rings is 3. The van der Waals surface area contributed by atoms with Crippen molar-refractivity contribution in [3.05, 3.63) is 92.1 Å². The Morgan fingerprint density at radius 1 is 1.09 bits per heavy atom. The largest absolute Gasteiger partial charge is 0.493 e. The Hall–Kier alpha value is -3.15. The maximum absolute atomic E-state index is 13.0. The topological polar surface area (TPSA) is 71.3 Å². The SMILES string of the molecule is COc1cc(/C=C(/C#N)C(=O)Nc2ccc(F)cc2)ccc1OCc1ccc(Br)cc1Br. The van der Waals surface area contributed by atoms with Crippen LogP contribution in [0.1, 0.15) is 11.1 Å². The van der Waals surface area contributed by atoms with Crippen LogP contribution in [-0.2, 0) is 11.4 Å². The molecule has 0 radical (unpaired) electrons. The summed E-state index contributed by atoms with van der Waals surface area (Å²) in [5.74, 6) is -0.0311. The molecule has 0 saturated heterocycles. The van der Waals surface area contributed by atoms with Crippen LogP contribution in [0.5, 0.6) is 11.5 Å². The first-order chi connectivity index (χ1) is 15.4. The molecule has 0 heterocycles. The maximum atomic E-state index is 13.0. The fourth-order valence-electron chi connectivity index (χ4n) is 2.73. The van der Waals surface area contributed by atoms with Gasteiger partial charge in [0, 0.05) is 20.2 Å². The van der Waals surface area contributed by atoms with Crippen molar-refractivity contribution in [1.29, 1.82) is 5.26 Å². The van der Waals surface area contributed by atoms with E-state index >= 15 is 0 Å². The highest BCUT2D eigenvalue weighted by atomic mass is 79.9. The van der Waals surface area contributed by atoms with E-state index < -0.39 is 11.7 Å². The number of nitriles is 1. The molecular formula is C24H17Br2FN2O3. The molecule has 3 aromatic carbocycles. The summed E-state index contributed by atoms with van der Waals surface area (Å²) in [6.07, 6.45) is 1.44. The number of rotatable bonds is 7. The number of nitrogens with zero attached hydrogens (tertiary/aromatic N) is 1. The summed E-state index contributed by atoms with van der Waals surface area (Å²) in [6, 6.07) is 18.1. The Bertz CT molecular complexity index is 1200. The van der Waals surface area contributed by atoms with Crippen LogP contribution in [-0.4, -0.2) is 13.0 Å². The predicted octanol–water partition coefficient (Wildman–Crippen LogP) is 6.48. The van der Waals surface area contributed by atoms with Gasteiger partial charge in [-0.15, -0.1) is 0 Å². The van der Waals surface area contributed by atoms with Gasteiger partial charge in [-0.25, -0.2) is 4.39 Å². The van der Waals surface area contributed by atoms with Gasteiger partial charge in [0.05, 0.1) is 7.11 Å². The average Bonchev–Trinajstić information content (AvgIpc) is 2.78. The number of methoxy groups -OCH3 is 1. The minimum atomic E-state index is -0.599. The van der Waals surface area contributed by atoms with E-state index in [0.717, 1.165) is 14.5 Å². The van der Waals surface area contributed by atoms with Crippen LogP contribution in [0.25, 0.3) is 6.08 Å². The summed E-state index contributed by atoms with van der Waals surface area (Å²) in [5, 5.41) is 12.0. The zero-order valence-corrected chi connectivity index (χ0v) is 20.0. The fraction of sp³-hybridized carbons (Fsp3) is 0.0833. The Kier molecular flexibility index (Phi) is 8.03. The third kappa shape index (κ3) is 6.19. The van der Waals surface area contributed by atoms with Gasteiger partial charge in [-0.1, -0.05) is 44.0 Å². The second-order valence-electron chi connectivity index (χ2n) is 6.57. The molecule has 0 fully saturated rings. The van der Waals surface area contributed by atoms with Crippen LogP contribution in [0.2, 0.25) is 0 Å². The van der Waals surface area contributed by atoms with E-state index in [1.54, 1.807) is 18.2 Å². The van der Waals surface area contributed by atoms with Crippen molar-refractivity contribution in [2.75, 3.05) is 12.4 Å². The molecule has 8 heteroatoms. The molecule has 3 rings (SSSR count). The highest BCUT2D eigenvalue weighted by Gasteiger charge is 2.12. The quantitative estimate of drug-likeness (QED) is 0.265. The lowest BCUT2D eigenvalue weighted by Crippen LogP contribution is -2.13. The van der Waals surface area contributed by atoms with Gasteiger partial charge in [-0.2, -0.15) is 5.26 Å². The summed E-state index contributed by atoms with van der Waals surface area (Å²) in [6.45, 7) is 0.322. The minimum absolute atomic E-state index is 0.108. The molecule has 5 nitrogen and oxygen atoms in total. The Morgan fingerprint density at radius 3 is 2.50 bits per heavy atom. The Balaban J connectivity index is 1.75. The smallest absolute Gasteiger partial charge is 0.266 e. The van der Waals surface area contributed by atoms with Crippen LogP contribution in [0.15, 0.2) is 75.2 Å². The lowest BCUT2D eigenvalue weighted by molar-refractivity contribution is -0.112. The van der Waals surface area contributed by atoms with Crippen molar-refractivity contribution in [2.24, 2.45) is 0 Å². The van der Waals surface area contributed by atoms with Crippen LogP contribution in [0.3, 0.4) is 0 Å². The summed E-state index contributed by atoms with van der Waals surface area (Å²) < 4.78 is 26.2. The van der Waals surface area contributed by atoms with E-state index in [9.17, 15) is 14.4 Å². The number of ether oxygens (including phenoxy) is 2. The van der Waals surface area contributed by atoms with E-state index in [1.807, 2.05) is 24.3 Å². The van der Waals surface area contributed by atoms with E-state index in [1.165, 1.54) is 37.5 Å². The molecule has 0 aliphatic carbocycles. The number of halogens is 3. The summed E-state index contributed by atoms with van der Waals surface area (Å²) in [4.78, 5) is 12.4. The van der Waals surface area contributed by atoms with Crippen LogP contribution < -0.4 is 14.8 Å². The number of carbonyl (C=O) groups excluding carboxylic acids is 1. The molecule has 0 aliphatic heterocycles. The van der Waals surface area contributed by atoms with Crippen molar-refractivity contribution in [2.45, 2.75) is 6.61 Å². The predicted molar refractivity (Wildman–Crippen MR) is 128 cm³/mol. The number of hydrogen-bond acceptors (Lipinski definition) is 4. The van der Waals surface area contributed by atoms with Gasteiger partial charge >= 0.3 is 0 Å². The molecule has 0 saturated carbocycles. The van der Waals surface area contributed by atoms with Gasteiger partial charge in [0.2, 0.25) is 0 Å². The minimum Gasteiger partial charge on any atom is -0.493 e. The lowest BCUT2D eigenvalue weighted by atomic mass is 10.1. The molecule has 1 amide bonds. The molecule has 32 heavy (non-hydrogen) atoms. The zero-order chi connectivity index (χ0) is 23.1. The Labute approximate surface area is 201 Å². The molecule has 1 N–H and O–H groups in total. The molecule has 0 atom stereocenters. The molecule has 0 unspecified atom stereocenters.